The second-order valence-electron chi connectivity index (χ2n) is 6.29. The van der Waals surface area contributed by atoms with Crippen molar-refractivity contribution in [3.05, 3.63) is 29.1 Å². The Morgan fingerprint density at radius 1 is 1.45 bits per heavy atom. The molecule has 1 aromatic rings. The minimum absolute atomic E-state index is 0.0300. The van der Waals surface area contributed by atoms with Gasteiger partial charge >= 0.3 is 0 Å². The lowest BCUT2D eigenvalue weighted by Gasteiger charge is -2.31. The Hall–Kier alpha value is -1.42. The predicted molar refractivity (Wildman–Crippen MR) is 80.9 cm³/mol. The van der Waals surface area contributed by atoms with Crippen LogP contribution in [0.25, 0.3) is 0 Å². The van der Waals surface area contributed by atoms with E-state index in [9.17, 15) is 4.79 Å². The van der Waals surface area contributed by atoms with Crippen LogP contribution in [0.5, 0.6) is 0 Å². The Labute approximate surface area is 121 Å². The van der Waals surface area contributed by atoms with Crippen molar-refractivity contribution in [2.75, 3.05) is 19.6 Å². The molecule has 0 atom stereocenters. The summed E-state index contributed by atoms with van der Waals surface area (Å²) < 4.78 is 0. The van der Waals surface area contributed by atoms with Gasteiger partial charge in [-0.05, 0) is 58.7 Å². The minimum atomic E-state index is -0.0300. The quantitative estimate of drug-likeness (QED) is 0.917. The number of carbonyl (C=O) groups is 1. The maximum atomic E-state index is 12.1. The van der Waals surface area contributed by atoms with Crippen LogP contribution in [0.15, 0.2) is 12.3 Å². The van der Waals surface area contributed by atoms with E-state index in [4.69, 9.17) is 0 Å². The molecule has 110 valence electrons. The number of aromatic nitrogens is 1. The average molecular weight is 275 g/mol. The van der Waals surface area contributed by atoms with Gasteiger partial charge in [0, 0.05) is 30.5 Å². The van der Waals surface area contributed by atoms with Crippen LogP contribution in [0.1, 0.15) is 48.3 Å². The number of likely N-dealkylation sites (tertiary alicyclic amines) is 1. The summed E-state index contributed by atoms with van der Waals surface area (Å²) in [6, 6.07) is 1.90. The van der Waals surface area contributed by atoms with E-state index in [1.54, 1.807) is 6.20 Å². The van der Waals surface area contributed by atoms with Gasteiger partial charge in [0.25, 0.3) is 5.91 Å². The summed E-state index contributed by atoms with van der Waals surface area (Å²) in [7, 11) is 0. The minimum Gasteiger partial charge on any atom is -0.351 e. The monoisotopic (exact) mass is 275 g/mol. The van der Waals surface area contributed by atoms with Crippen LogP contribution in [0.3, 0.4) is 0 Å². The second-order valence-corrected chi connectivity index (χ2v) is 6.29. The van der Waals surface area contributed by atoms with Crippen LogP contribution in [-0.2, 0) is 0 Å². The maximum Gasteiger partial charge on any atom is 0.252 e. The standard InChI is InChI=1S/C16H25N3O/c1-12-10-14(11-18-13(12)2)15(20)17-7-9-19-8-5-6-16(19,3)4/h10-11H,5-9H2,1-4H3,(H,17,20). The van der Waals surface area contributed by atoms with Crippen molar-refractivity contribution in [3.8, 4) is 0 Å². The first-order valence-corrected chi connectivity index (χ1v) is 7.37. The van der Waals surface area contributed by atoms with Gasteiger partial charge in [-0.2, -0.15) is 0 Å². The van der Waals surface area contributed by atoms with Crippen LogP contribution in [0.4, 0.5) is 0 Å². The molecule has 4 nitrogen and oxygen atoms in total. The van der Waals surface area contributed by atoms with E-state index in [1.165, 1.54) is 12.8 Å². The van der Waals surface area contributed by atoms with Gasteiger partial charge in [0.2, 0.25) is 0 Å². The molecule has 0 unspecified atom stereocenters. The van der Waals surface area contributed by atoms with Gasteiger partial charge in [-0.3, -0.25) is 14.7 Å². The number of pyridine rings is 1. The number of aryl methyl sites for hydroxylation is 2. The van der Waals surface area contributed by atoms with E-state index < -0.39 is 0 Å². The van der Waals surface area contributed by atoms with Crippen LogP contribution in [0, 0.1) is 13.8 Å². The zero-order chi connectivity index (χ0) is 14.8. The SMILES string of the molecule is Cc1cc(C(=O)NCCN2CCCC2(C)C)cnc1C. The first-order chi connectivity index (χ1) is 9.40. The van der Waals surface area contributed by atoms with Gasteiger partial charge in [0.05, 0.1) is 5.56 Å². The summed E-state index contributed by atoms with van der Waals surface area (Å²) in [6.07, 6.45) is 4.14. The molecular weight excluding hydrogens is 250 g/mol. The van der Waals surface area contributed by atoms with Gasteiger partial charge in [-0.25, -0.2) is 0 Å². The zero-order valence-corrected chi connectivity index (χ0v) is 13.0. The number of hydrogen-bond donors (Lipinski definition) is 1. The Morgan fingerprint density at radius 2 is 2.20 bits per heavy atom. The van der Waals surface area contributed by atoms with E-state index in [0.717, 1.165) is 24.3 Å². The van der Waals surface area contributed by atoms with Gasteiger partial charge in [0.15, 0.2) is 0 Å². The topological polar surface area (TPSA) is 45.2 Å². The Bertz CT molecular complexity index is 496. The average Bonchev–Trinajstić information content (AvgIpc) is 2.72. The lowest BCUT2D eigenvalue weighted by atomic mass is 10.0. The molecule has 4 heteroatoms. The van der Waals surface area contributed by atoms with Crippen LogP contribution in [-0.4, -0.2) is 41.0 Å². The van der Waals surface area contributed by atoms with Crippen molar-refractivity contribution in [2.24, 2.45) is 0 Å². The zero-order valence-electron chi connectivity index (χ0n) is 13.0. The van der Waals surface area contributed by atoms with Crippen molar-refractivity contribution >= 4 is 5.91 Å². The molecule has 0 aliphatic carbocycles. The highest BCUT2D eigenvalue weighted by Crippen LogP contribution is 2.27. The third-order valence-electron chi connectivity index (χ3n) is 4.34. The highest BCUT2D eigenvalue weighted by atomic mass is 16.1. The molecule has 1 aliphatic rings. The molecule has 1 fully saturated rings. The molecule has 1 N–H and O–H groups in total. The molecule has 20 heavy (non-hydrogen) atoms. The fourth-order valence-electron chi connectivity index (χ4n) is 2.75. The molecule has 0 bridgehead atoms. The van der Waals surface area contributed by atoms with Gasteiger partial charge in [-0.1, -0.05) is 0 Å². The molecule has 0 saturated carbocycles. The lowest BCUT2D eigenvalue weighted by Crippen LogP contribution is -2.43. The van der Waals surface area contributed by atoms with Crippen LogP contribution < -0.4 is 5.32 Å². The van der Waals surface area contributed by atoms with Crippen molar-refractivity contribution in [2.45, 2.75) is 46.1 Å². The summed E-state index contributed by atoms with van der Waals surface area (Å²) in [5.41, 5.74) is 2.94. The number of hydrogen-bond acceptors (Lipinski definition) is 3. The van der Waals surface area contributed by atoms with Crippen molar-refractivity contribution < 1.29 is 4.79 Å². The highest BCUT2D eigenvalue weighted by molar-refractivity contribution is 5.94. The largest absolute Gasteiger partial charge is 0.351 e. The third kappa shape index (κ3) is 3.37. The van der Waals surface area contributed by atoms with Crippen LogP contribution >= 0.6 is 0 Å². The third-order valence-corrected chi connectivity index (χ3v) is 4.34. The summed E-state index contributed by atoms with van der Waals surface area (Å²) in [5.74, 6) is -0.0300. The van der Waals surface area contributed by atoms with Gasteiger partial charge < -0.3 is 5.32 Å². The second kappa shape index (κ2) is 5.92. The molecule has 0 radical (unpaired) electrons. The van der Waals surface area contributed by atoms with E-state index in [2.05, 4.69) is 29.0 Å². The fraction of sp³-hybridized carbons (Fsp3) is 0.625. The molecule has 1 aromatic heterocycles. The molecule has 1 amide bonds. The first-order valence-electron chi connectivity index (χ1n) is 7.37. The molecule has 0 spiro atoms. The van der Waals surface area contributed by atoms with E-state index in [0.29, 0.717) is 12.1 Å². The van der Waals surface area contributed by atoms with Gasteiger partial charge in [-0.15, -0.1) is 0 Å². The van der Waals surface area contributed by atoms with Crippen molar-refractivity contribution in [3.63, 3.8) is 0 Å². The summed E-state index contributed by atoms with van der Waals surface area (Å²) >= 11 is 0. The maximum absolute atomic E-state index is 12.1. The molecule has 2 rings (SSSR count). The number of nitrogens with one attached hydrogen (secondary N) is 1. The number of nitrogens with zero attached hydrogens (tertiary/aromatic N) is 2. The predicted octanol–water partition coefficient (Wildman–Crippen LogP) is 2.30. The molecule has 0 aromatic carbocycles. The molecule has 1 aliphatic heterocycles. The highest BCUT2D eigenvalue weighted by Gasteiger charge is 2.31. The first kappa shape index (κ1) is 15.0. The van der Waals surface area contributed by atoms with Crippen LogP contribution in [0.2, 0.25) is 0 Å². The van der Waals surface area contributed by atoms with E-state index >= 15 is 0 Å². The number of amides is 1. The Kier molecular flexibility index (Phi) is 4.43. The lowest BCUT2D eigenvalue weighted by molar-refractivity contribution is 0.0939. The number of carbonyl (C=O) groups excluding carboxylic acids is 1. The number of rotatable bonds is 4. The normalized spacial score (nSPS) is 18.2. The summed E-state index contributed by atoms with van der Waals surface area (Å²) in [5, 5.41) is 2.99. The van der Waals surface area contributed by atoms with E-state index in [1.807, 2.05) is 19.9 Å². The fourth-order valence-corrected chi connectivity index (χ4v) is 2.75. The Morgan fingerprint density at radius 3 is 2.80 bits per heavy atom. The Balaban J connectivity index is 1.85. The molecular formula is C16H25N3O. The van der Waals surface area contributed by atoms with E-state index in [-0.39, 0.29) is 11.4 Å². The molecule has 1 saturated heterocycles. The summed E-state index contributed by atoms with van der Waals surface area (Å²) in [6.45, 7) is 11.2. The smallest absolute Gasteiger partial charge is 0.252 e. The van der Waals surface area contributed by atoms with Gasteiger partial charge in [0.1, 0.15) is 0 Å². The van der Waals surface area contributed by atoms with Crippen molar-refractivity contribution in [1.82, 2.24) is 15.2 Å². The molecule has 2 heterocycles. The summed E-state index contributed by atoms with van der Waals surface area (Å²) in [4.78, 5) is 18.8. The van der Waals surface area contributed by atoms with Crippen molar-refractivity contribution in [1.29, 1.82) is 0 Å².